The van der Waals surface area contributed by atoms with Crippen molar-refractivity contribution in [1.82, 2.24) is 5.32 Å². The summed E-state index contributed by atoms with van der Waals surface area (Å²) in [6, 6.07) is 5.80. The van der Waals surface area contributed by atoms with Crippen molar-refractivity contribution >= 4 is 15.9 Å². The van der Waals surface area contributed by atoms with Crippen molar-refractivity contribution in [2.45, 2.75) is 39.7 Å². The molecule has 1 rings (SSSR count). The molecule has 0 saturated carbocycles. The van der Waals surface area contributed by atoms with Crippen molar-refractivity contribution < 1.29 is 4.39 Å². The molecule has 0 aliphatic heterocycles. The predicted molar refractivity (Wildman–Crippen MR) is 74.7 cm³/mol. The molecule has 0 saturated heterocycles. The molecule has 1 aromatic rings. The molecule has 1 nitrogen and oxygen atoms in total. The Kier molecular flexibility index (Phi) is 6.14. The van der Waals surface area contributed by atoms with Gasteiger partial charge in [0.1, 0.15) is 5.82 Å². The summed E-state index contributed by atoms with van der Waals surface area (Å²) in [5.41, 5.74) is 0.811. The first-order valence-electron chi connectivity index (χ1n) is 6.20. The fourth-order valence-corrected chi connectivity index (χ4v) is 2.09. The third-order valence-electron chi connectivity index (χ3n) is 2.92. The summed E-state index contributed by atoms with van der Waals surface area (Å²) in [5, 5.41) is 3.42. The van der Waals surface area contributed by atoms with Crippen molar-refractivity contribution in [3.63, 3.8) is 0 Å². The minimum Gasteiger partial charge on any atom is -0.314 e. The topological polar surface area (TPSA) is 12.0 Å². The minimum atomic E-state index is -0.109. The number of rotatable bonds is 6. The van der Waals surface area contributed by atoms with Crippen LogP contribution in [0.5, 0.6) is 0 Å². The first kappa shape index (κ1) is 14.7. The molecule has 1 atom stereocenters. The van der Waals surface area contributed by atoms with E-state index in [0.717, 1.165) is 29.4 Å². The summed E-state index contributed by atoms with van der Waals surface area (Å²) in [6.07, 6.45) is 1.87. The molecule has 1 aromatic carbocycles. The second kappa shape index (κ2) is 7.12. The molecule has 0 fully saturated rings. The Labute approximate surface area is 112 Å². The number of hydrogen-bond acceptors (Lipinski definition) is 1. The molecule has 0 amide bonds. The van der Waals surface area contributed by atoms with Gasteiger partial charge >= 0.3 is 0 Å². The van der Waals surface area contributed by atoms with Crippen LogP contribution in [0, 0.1) is 11.7 Å². The monoisotopic (exact) mass is 301 g/mol. The van der Waals surface area contributed by atoms with E-state index in [1.165, 1.54) is 6.07 Å². The van der Waals surface area contributed by atoms with Crippen LogP contribution in [0.2, 0.25) is 0 Å². The van der Waals surface area contributed by atoms with Gasteiger partial charge in [-0.25, -0.2) is 4.39 Å². The van der Waals surface area contributed by atoms with E-state index in [-0.39, 0.29) is 5.82 Å². The predicted octanol–water partition coefficient (Wildman–Crippen LogP) is 4.15. The lowest BCUT2D eigenvalue weighted by Crippen LogP contribution is -2.29. The van der Waals surface area contributed by atoms with Crippen LogP contribution in [0.15, 0.2) is 22.7 Å². The van der Waals surface area contributed by atoms with Crippen molar-refractivity contribution in [3.8, 4) is 0 Å². The molecule has 17 heavy (non-hydrogen) atoms. The second-order valence-electron chi connectivity index (χ2n) is 4.78. The Morgan fingerprint density at radius 3 is 2.59 bits per heavy atom. The lowest BCUT2D eigenvalue weighted by Gasteiger charge is -2.18. The normalized spacial score (nSPS) is 13.1. The summed E-state index contributed by atoms with van der Waals surface area (Å²) >= 11 is 3.28. The Hall–Kier alpha value is -0.410. The van der Waals surface area contributed by atoms with E-state index in [9.17, 15) is 4.39 Å². The highest BCUT2D eigenvalue weighted by Gasteiger charge is 2.11. The van der Waals surface area contributed by atoms with Crippen LogP contribution in [0.25, 0.3) is 0 Å². The lowest BCUT2D eigenvalue weighted by atomic mass is 9.96. The number of nitrogens with one attached hydrogen (secondary N) is 1. The lowest BCUT2D eigenvalue weighted by molar-refractivity contribution is 0.429. The van der Waals surface area contributed by atoms with Crippen molar-refractivity contribution in [2.24, 2.45) is 5.92 Å². The largest absolute Gasteiger partial charge is 0.314 e. The maximum atomic E-state index is 13.7. The van der Waals surface area contributed by atoms with Gasteiger partial charge < -0.3 is 5.32 Å². The highest BCUT2D eigenvalue weighted by Crippen LogP contribution is 2.19. The van der Waals surface area contributed by atoms with Gasteiger partial charge in [-0.2, -0.15) is 0 Å². The molecule has 0 spiro atoms. The fraction of sp³-hybridized carbons (Fsp3) is 0.571. The van der Waals surface area contributed by atoms with Crippen molar-refractivity contribution in [1.29, 1.82) is 0 Å². The van der Waals surface area contributed by atoms with Crippen LogP contribution < -0.4 is 5.32 Å². The van der Waals surface area contributed by atoms with Crippen LogP contribution in [-0.4, -0.2) is 12.6 Å². The molecule has 1 unspecified atom stereocenters. The number of benzene rings is 1. The van der Waals surface area contributed by atoms with Gasteiger partial charge in [-0.1, -0.05) is 49.2 Å². The van der Waals surface area contributed by atoms with Gasteiger partial charge in [-0.3, -0.25) is 0 Å². The first-order chi connectivity index (χ1) is 8.02. The quantitative estimate of drug-likeness (QED) is 0.832. The number of hydrogen-bond donors (Lipinski definition) is 1. The fourth-order valence-electron chi connectivity index (χ4n) is 1.76. The van der Waals surface area contributed by atoms with E-state index < -0.39 is 0 Å². The number of halogens is 2. The van der Waals surface area contributed by atoms with E-state index >= 15 is 0 Å². The van der Waals surface area contributed by atoms with Crippen LogP contribution in [0.4, 0.5) is 4.39 Å². The molecular formula is C14H21BrFN. The molecule has 96 valence electrons. The molecule has 0 aliphatic rings. The van der Waals surface area contributed by atoms with Crippen LogP contribution in [0.3, 0.4) is 0 Å². The highest BCUT2D eigenvalue weighted by molar-refractivity contribution is 9.10. The van der Waals surface area contributed by atoms with E-state index in [1.807, 2.05) is 12.1 Å². The highest BCUT2D eigenvalue weighted by atomic mass is 79.9. The molecule has 0 aromatic heterocycles. The molecule has 0 heterocycles. The van der Waals surface area contributed by atoms with Gasteiger partial charge in [0.25, 0.3) is 0 Å². The van der Waals surface area contributed by atoms with Crippen LogP contribution >= 0.6 is 15.9 Å². The van der Waals surface area contributed by atoms with E-state index in [1.54, 1.807) is 0 Å². The Morgan fingerprint density at radius 2 is 2.06 bits per heavy atom. The summed E-state index contributed by atoms with van der Waals surface area (Å²) in [4.78, 5) is 0. The summed E-state index contributed by atoms with van der Waals surface area (Å²) in [6.45, 7) is 7.37. The zero-order valence-corrected chi connectivity index (χ0v) is 12.3. The smallest absolute Gasteiger partial charge is 0.127 e. The molecule has 1 N–H and O–H groups in total. The zero-order valence-electron chi connectivity index (χ0n) is 10.8. The zero-order chi connectivity index (χ0) is 12.8. The second-order valence-corrected chi connectivity index (χ2v) is 5.69. The van der Waals surface area contributed by atoms with Gasteiger partial charge in [0, 0.05) is 10.5 Å². The van der Waals surface area contributed by atoms with Gasteiger partial charge in [0.2, 0.25) is 0 Å². The summed E-state index contributed by atoms with van der Waals surface area (Å²) in [5.74, 6) is 0.385. The maximum absolute atomic E-state index is 13.7. The van der Waals surface area contributed by atoms with Gasteiger partial charge in [0.05, 0.1) is 0 Å². The van der Waals surface area contributed by atoms with Crippen molar-refractivity contribution in [3.05, 3.63) is 34.1 Å². The van der Waals surface area contributed by atoms with Gasteiger partial charge in [0.15, 0.2) is 0 Å². The first-order valence-corrected chi connectivity index (χ1v) is 6.99. The van der Waals surface area contributed by atoms with E-state index in [0.29, 0.717) is 12.0 Å². The third kappa shape index (κ3) is 5.17. The Balaban J connectivity index is 2.60. The van der Waals surface area contributed by atoms with Gasteiger partial charge in [-0.15, -0.1) is 0 Å². The van der Waals surface area contributed by atoms with Crippen molar-refractivity contribution in [2.75, 3.05) is 6.54 Å². The van der Waals surface area contributed by atoms with Crippen LogP contribution in [0.1, 0.15) is 32.8 Å². The Morgan fingerprint density at radius 1 is 1.35 bits per heavy atom. The summed E-state index contributed by atoms with van der Waals surface area (Å²) in [7, 11) is 0. The average molecular weight is 302 g/mol. The third-order valence-corrected chi connectivity index (χ3v) is 3.41. The molecule has 0 aliphatic carbocycles. The minimum absolute atomic E-state index is 0.109. The Bertz CT molecular complexity index is 352. The van der Waals surface area contributed by atoms with E-state index in [2.05, 4.69) is 42.0 Å². The SMILES string of the molecule is CCC(CNC(C)C)Cc1ccc(Br)cc1F. The van der Waals surface area contributed by atoms with Gasteiger partial charge in [-0.05, 0) is 36.6 Å². The summed E-state index contributed by atoms with van der Waals surface area (Å²) < 4.78 is 14.5. The molecule has 0 radical (unpaired) electrons. The molecule has 0 bridgehead atoms. The average Bonchev–Trinajstić information content (AvgIpc) is 2.26. The standard InChI is InChI=1S/C14H21BrFN/c1-4-11(9-17-10(2)3)7-12-5-6-13(15)8-14(12)16/h5-6,8,10-11,17H,4,7,9H2,1-3H3. The van der Waals surface area contributed by atoms with E-state index in [4.69, 9.17) is 0 Å². The molecule has 3 heteroatoms. The maximum Gasteiger partial charge on any atom is 0.127 e. The van der Waals surface area contributed by atoms with Crippen LogP contribution in [-0.2, 0) is 6.42 Å². The molecular weight excluding hydrogens is 281 g/mol.